The number of esters is 1. The van der Waals surface area contributed by atoms with Crippen molar-refractivity contribution in [2.24, 2.45) is 0 Å². The summed E-state index contributed by atoms with van der Waals surface area (Å²) in [6.07, 6.45) is 11.4. The molecule has 0 heterocycles. The summed E-state index contributed by atoms with van der Waals surface area (Å²) in [6.45, 7) is 16.0. The van der Waals surface area contributed by atoms with Gasteiger partial charge in [0.05, 0.1) is 32.8 Å². The molecule has 0 aromatic carbocycles. The Kier molecular flexibility index (Phi) is 13.3. The van der Waals surface area contributed by atoms with E-state index in [0.717, 1.165) is 12.8 Å². The number of rotatable bonds is 15. The van der Waals surface area contributed by atoms with Gasteiger partial charge in [-0.3, -0.25) is 0 Å². The fourth-order valence-corrected chi connectivity index (χ4v) is 2.99. The lowest BCUT2D eigenvalue weighted by molar-refractivity contribution is -0.923. The van der Waals surface area contributed by atoms with Crippen LogP contribution in [0.1, 0.15) is 72.1 Å². The maximum atomic E-state index is 10.8. The van der Waals surface area contributed by atoms with Crippen LogP contribution in [0.25, 0.3) is 0 Å². The lowest BCUT2D eigenvalue weighted by atomic mass is 10.1. The molecule has 0 N–H and O–H groups in total. The predicted octanol–water partition coefficient (Wildman–Crippen LogP) is 4.71. The number of nitrogens with zero attached hydrogens (tertiary/aromatic N) is 1. The second-order valence-electron chi connectivity index (χ2n) is 6.21. The molecule has 0 fully saturated rings. The van der Waals surface area contributed by atoms with Crippen LogP contribution >= 0.6 is 0 Å². The predicted molar refractivity (Wildman–Crippen MR) is 94.8 cm³/mol. The van der Waals surface area contributed by atoms with Gasteiger partial charge in [0.15, 0.2) is 0 Å². The van der Waals surface area contributed by atoms with Crippen molar-refractivity contribution in [2.75, 3.05) is 32.8 Å². The van der Waals surface area contributed by atoms with Crippen LogP contribution in [-0.4, -0.2) is 43.2 Å². The standard InChI is InChI=1S/C19H38NO2/c1-5-19(21)22-18-16-14-12-10-9-11-13-15-17-20(6-2,7-3)8-4/h5H,1,6-18H2,2-4H3/q+1. The molecule has 0 rings (SSSR count). The minimum Gasteiger partial charge on any atom is -0.463 e. The molecule has 0 atom stereocenters. The molecule has 0 aliphatic rings. The monoisotopic (exact) mass is 312 g/mol. The average molecular weight is 313 g/mol. The molecule has 0 spiro atoms. The van der Waals surface area contributed by atoms with Gasteiger partial charge in [0, 0.05) is 6.08 Å². The molecule has 0 saturated carbocycles. The Morgan fingerprint density at radius 2 is 1.32 bits per heavy atom. The molecule has 0 saturated heterocycles. The van der Waals surface area contributed by atoms with Crippen molar-refractivity contribution in [1.29, 1.82) is 0 Å². The van der Waals surface area contributed by atoms with Crippen LogP contribution in [0.4, 0.5) is 0 Å². The van der Waals surface area contributed by atoms with Gasteiger partial charge < -0.3 is 9.22 Å². The van der Waals surface area contributed by atoms with Gasteiger partial charge in [-0.2, -0.15) is 0 Å². The van der Waals surface area contributed by atoms with Gasteiger partial charge in [-0.15, -0.1) is 0 Å². The largest absolute Gasteiger partial charge is 0.463 e. The Hall–Kier alpha value is -0.830. The van der Waals surface area contributed by atoms with E-state index in [4.69, 9.17) is 4.74 Å². The van der Waals surface area contributed by atoms with Crippen LogP contribution < -0.4 is 0 Å². The summed E-state index contributed by atoms with van der Waals surface area (Å²) >= 11 is 0. The molecular formula is C19H38NO2+. The van der Waals surface area contributed by atoms with Crippen molar-refractivity contribution in [2.45, 2.75) is 72.1 Å². The summed E-state index contributed by atoms with van der Waals surface area (Å²) in [5, 5.41) is 0. The van der Waals surface area contributed by atoms with Crippen LogP contribution in [0, 0.1) is 0 Å². The Bertz CT molecular complexity index is 277. The SMILES string of the molecule is C=CC(=O)OCCCCCCCCCC[N+](CC)(CC)CC. The first-order valence-corrected chi connectivity index (χ1v) is 9.28. The first-order chi connectivity index (χ1) is 10.6. The van der Waals surface area contributed by atoms with Crippen molar-refractivity contribution in [3.8, 4) is 0 Å². The zero-order valence-corrected chi connectivity index (χ0v) is 15.2. The number of carbonyl (C=O) groups excluding carboxylic acids is 1. The molecule has 130 valence electrons. The quantitative estimate of drug-likeness (QED) is 0.189. The van der Waals surface area contributed by atoms with Gasteiger partial charge >= 0.3 is 5.97 Å². The van der Waals surface area contributed by atoms with Crippen molar-refractivity contribution in [3.05, 3.63) is 12.7 Å². The number of hydrogen-bond donors (Lipinski definition) is 0. The van der Waals surface area contributed by atoms with Gasteiger partial charge in [-0.05, 0) is 40.0 Å². The summed E-state index contributed by atoms with van der Waals surface area (Å²) in [5.41, 5.74) is 0. The van der Waals surface area contributed by atoms with Crippen LogP contribution in [0.2, 0.25) is 0 Å². The maximum Gasteiger partial charge on any atom is 0.330 e. The highest BCUT2D eigenvalue weighted by Crippen LogP contribution is 2.12. The first kappa shape index (κ1) is 21.2. The number of unbranched alkanes of at least 4 members (excludes halogenated alkanes) is 7. The fraction of sp³-hybridized carbons (Fsp3) is 0.842. The second kappa shape index (κ2) is 13.8. The van der Waals surface area contributed by atoms with E-state index in [9.17, 15) is 4.79 Å². The summed E-state index contributed by atoms with van der Waals surface area (Å²) in [5.74, 6) is -0.305. The van der Waals surface area contributed by atoms with Crippen molar-refractivity contribution in [1.82, 2.24) is 0 Å². The zero-order valence-electron chi connectivity index (χ0n) is 15.2. The number of carbonyl (C=O) groups is 1. The Morgan fingerprint density at radius 1 is 0.864 bits per heavy atom. The van der Waals surface area contributed by atoms with Crippen molar-refractivity contribution in [3.63, 3.8) is 0 Å². The summed E-state index contributed by atoms with van der Waals surface area (Å²) in [7, 11) is 0. The summed E-state index contributed by atoms with van der Waals surface area (Å²) in [4.78, 5) is 10.8. The first-order valence-electron chi connectivity index (χ1n) is 9.28. The molecule has 0 unspecified atom stereocenters. The zero-order chi connectivity index (χ0) is 16.7. The van der Waals surface area contributed by atoms with Crippen LogP contribution in [0.5, 0.6) is 0 Å². The lowest BCUT2D eigenvalue weighted by Crippen LogP contribution is -2.48. The minimum atomic E-state index is -0.305. The minimum absolute atomic E-state index is 0.305. The third-order valence-corrected chi connectivity index (χ3v) is 4.95. The van der Waals surface area contributed by atoms with Gasteiger partial charge in [0.1, 0.15) is 0 Å². The average Bonchev–Trinajstić information content (AvgIpc) is 2.56. The van der Waals surface area contributed by atoms with E-state index in [2.05, 4.69) is 27.4 Å². The molecule has 0 aromatic heterocycles. The van der Waals surface area contributed by atoms with Crippen molar-refractivity contribution >= 4 is 5.97 Å². The molecule has 0 amide bonds. The molecule has 0 radical (unpaired) electrons. The van der Waals surface area contributed by atoms with E-state index in [0.29, 0.717) is 6.61 Å². The maximum absolute atomic E-state index is 10.8. The third kappa shape index (κ3) is 9.99. The van der Waals surface area contributed by atoms with E-state index >= 15 is 0 Å². The number of ether oxygens (including phenoxy) is 1. The fourth-order valence-electron chi connectivity index (χ4n) is 2.99. The highest BCUT2D eigenvalue weighted by Gasteiger charge is 2.19. The molecule has 0 bridgehead atoms. The van der Waals surface area contributed by atoms with E-state index < -0.39 is 0 Å². The molecule has 0 aromatic rings. The Labute approximate surface area is 138 Å². The molecule has 3 nitrogen and oxygen atoms in total. The number of hydrogen-bond acceptors (Lipinski definition) is 2. The Balaban J connectivity index is 3.37. The van der Waals surface area contributed by atoms with Gasteiger partial charge in [0.2, 0.25) is 0 Å². The normalized spacial score (nSPS) is 11.4. The third-order valence-electron chi connectivity index (χ3n) is 4.95. The van der Waals surface area contributed by atoms with Gasteiger partial charge in [-0.25, -0.2) is 4.79 Å². The van der Waals surface area contributed by atoms with Crippen LogP contribution in [0.3, 0.4) is 0 Å². The van der Waals surface area contributed by atoms with E-state index in [1.165, 1.54) is 75.3 Å². The Morgan fingerprint density at radius 3 is 1.77 bits per heavy atom. The van der Waals surface area contributed by atoms with Gasteiger partial charge in [-0.1, -0.05) is 38.7 Å². The van der Waals surface area contributed by atoms with Crippen LogP contribution in [0.15, 0.2) is 12.7 Å². The molecule has 0 aliphatic heterocycles. The smallest absolute Gasteiger partial charge is 0.330 e. The molecule has 3 heteroatoms. The highest BCUT2D eigenvalue weighted by molar-refractivity contribution is 5.81. The van der Waals surface area contributed by atoms with Crippen LogP contribution in [-0.2, 0) is 9.53 Å². The lowest BCUT2D eigenvalue weighted by Gasteiger charge is -2.35. The summed E-state index contributed by atoms with van der Waals surface area (Å²) in [6, 6.07) is 0. The molecular weight excluding hydrogens is 274 g/mol. The summed E-state index contributed by atoms with van der Waals surface area (Å²) < 4.78 is 6.24. The van der Waals surface area contributed by atoms with E-state index in [-0.39, 0.29) is 5.97 Å². The van der Waals surface area contributed by atoms with Gasteiger partial charge in [0.25, 0.3) is 0 Å². The highest BCUT2D eigenvalue weighted by atomic mass is 16.5. The second-order valence-corrected chi connectivity index (χ2v) is 6.21. The topological polar surface area (TPSA) is 26.3 Å². The van der Waals surface area contributed by atoms with E-state index in [1.54, 1.807) is 0 Å². The molecule has 0 aliphatic carbocycles. The molecule has 22 heavy (non-hydrogen) atoms. The van der Waals surface area contributed by atoms with E-state index in [1.807, 2.05) is 0 Å². The number of quaternary nitrogens is 1. The van der Waals surface area contributed by atoms with Crippen molar-refractivity contribution < 1.29 is 14.0 Å².